The summed E-state index contributed by atoms with van der Waals surface area (Å²) in [6, 6.07) is 0. The number of carbonyl (C=O) groups is 2. The van der Waals surface area contributed by atoms with E-state index < -0.39 is 0 Å². The van der Waals surface area contributed by atoms with Crippen molar-refractivity contribution in [1.29, 1.82) is 0 Å². The van der Waals surface area contributed by atoms with Crippen LogP contribution in [0.25, 0.3) is 0 Å². The summed E-state index contributed by atoms with van der Waals surface area (Å²) in [6.45, 7) is 3.66. The van der Waals surface area contributed by atoms with Crippen LogP contribution < -0.4 is 0 Å². The van der Waals surface area contributed by atoms with Gasteiger partial charge in [0.1, 0.15) is 0 Å². The van der Waals surface area contributed by atoms with Crippen LogP contribution in [-0.2, 0) is 14.3 Å². The molecule has 130 valence electrons. The molecule has 2 aliphatic rings. The van der Waals surface area contributed by atoms with E-state index in [1.165, 1.54) is 0 Å². The predicted octanol–water partition coefficient (Wildman–Crippen LogP) is 0.590. The number of carbonyl (C=O) groups excluding carboxylic acids is 2. The van der Waals surface area contributed by atoms with Crippen LogP contribution in [0.1, 0.15) is 19.3 Å². The standard InChI is InChI=1S/C17H29N3O3/c1-18(2)8-6-7-16(21)20-12-14(15(13-20)23-3)11-17(22)19-9-4-5-10-19/h6-7,14-15H,4-5,8-13H2,1-3H3/b7-6+/t14-,15-/m0/s1. The zero-order valence-corrected chi connectivity index (χ0v) is 14.5. The lowest BCUT2D eigenvalue weighted by atomic mass is 10.0. The molecule has 6 heteroatoms. The highest BCUT2D eigenvalue weighted by Gasteiger charge is 2.36. The minimum atomic E-state index is -0.0484. The number of methoxy groups -OCH3 is 1. The van der Waals surface area contributed by atoms with Crippen molar-refractivity contribution in [2.24, 2.45) is 5.92 Å². The Bertz CT molecular complexity index is 444. The third kappa shape index (κ3) is 5.04. The van der Waals surface area contributed by atoms with E-state index in [-0.39, 0.29) is 23.8 Å². The van der Waals surface area contributed by atoms with Gasteiger partial charge < -0.3 is 19.4 Å². The molecular formula is C17H29N3O3. The Balaban J connectivity index is 1.87. The molecule has 0 radical (unpaired) electrons. The Hall–Kier alpha value is -1.40. The van der Waals surface area contributed by atoms with Crippen LogP contribution in [0.4, 0.5) is 0 Å². The molecule has 0 aromatic carbocycles. The van der Waals surface area contributed by atoms with E-state index in [1.54, 1.807) is 18.1 Å². The summed E-state index contributed by atoms with van der Waals surface area (Å²) in [4.78, 5) is 30.3. The summed E-state index contributed by atoms with van der Waals surface area (Å²) in [5.74, 6) is 0.302. The van der Waals surface area contributed by atoms with Crippen LogP contribution in [0.5, 0.6) is 0 Å². The van der Waals surface area contributed by atoms with Gasteiger partial charge in [0.2, 0.25) is 11.8 Å². The highest BCUT2D eigenvalue weighted by molar-refractivity contribution is 5.88. The van der Waals surface area contributed by atoms with E-state index >= 15 is 0 Å². The Morgan fingerprint density at radius 1 is 1.17 bits per heavy atom. The van der Waals surface area contributed by atoms with E-state index in [1.807, 2.05) is 30.0 Å². The second-order valence-electron chi connectivity index (χ2n) is 6.73. The number of amides is 2. The molecule has 0 spiro atoms. The largest absolute Gasteiger partial charge is 0.379 e. The third-order valence-electron chi connectivity index (χ3n) is 4.62. The average Bonchev–Trinajstić information content (AvgIpc) is 3.16. The number of hydrogen-bond acceptors (Lipinski definition) is 4. The fraction of sp³-hybridized carbons (Fsp3) is 0.765. The molecule has 2 aliphatic heterocycles. The molecular weight excluding hydrogens is 294 g/mol. The van der Waals surface area contributed by atoms with Crippen molar-refractivity contribution in [2.75, 3.05) is 53.9 Å². The van der Waals surface area contributed by atoms with Crippen molar-refractivity contribution >= 4 is 11.8 Å². The number of ether oxygens (including phenoxy) is 1. The van der Waals surface area contributed by atoms with Gasteiger partial charge in [0.15, 0.2) is 0 Å². The van der Waals surface area contributed by atoms with Gasteiger partial charge in [-0.3, -0.25) is 9.59 Å². The summed E-state index contributed by atoms with van der Waals surface area (Å²) >= 11 is 0. The smallest absolute Gasteiger partial charge is 0.246 e. The van der Waals surface area contributed by atoms with E-state index in [4.69, 9.17) is 4.74 Å². The van der Waals surface area contributed by atoms with Gasteiger partial charge in [-0.15, -0.1) is 0 Å². The minimum absolute atomic E-state index is 0.00465. The third-order valence-corrected chi connectivity index (χ3v) is 4.62. The summed E-state index contributed by atoms with van der Waals surface area (Å²) < 4.78 is 5.51. The van der Waals surface area contributed by atoms with E-state index in [2.05, 4.69) is 0 Å². The van der Waals surface area contributed by atoms with Crippen molar-refractivity contribution in [1.82, 2.24) is 14.7 Å². The van der Waals surface area contributed by atoms with Gasteiger partial charge in [0, 0.05) is 58.2 Å². The van der Waals surface area contributed by atoms with Gasteiger partial charge in [0.25, 0.3) is 0 Å². The lowest BCUT2D eigenvalue weighted by Gasteiger charge is -2.20. The first-order valence-corrected chi connectivity index (χ1v) is 8.42. The molecule has 0 aromatic heterocycles. The van der Waals surface area contributed by atoms with Crippen LogP contribution in [0, 0.1) is 5.92 Å². The Morgan fingerprint density at radius 2 is 1.87 bits per heavy atom. The van der Waals surface area contributed by atoms with Crippen molar-refractivity contribution in [3.63, 3.8) is 0 Å². The normalized spacial score (nSPS) is 25.0. The lowest BCUT2D eigenvalue weighted by Crippen LogP contribution is -2.32. The highest BCUT2D eigenvalue weighted by atomic mass is 16.5. The molecule has 0 saturated carbocycles. The summed E-state index contributed by atoms with van der Waals surface area (Å²) in [7, 11) is 5.59. The van der Waals surface area contributed by atoms with E-state index in [0.29, 0.717) is 19.5 Å². The fourth-order valence-electron chi connectivity index (χ4n) is 3.27. The van der Waals surface area contributed by atoms with Gasteiger partial charge in [-0.1, -0.05) is 6.08 Å². The average molecular weight is 323 g/mol. The molecule has 6 nitrogen and oxygen atoms in total. The van der Waals surface area contributed by atoms with Crippen molar-refractivity contribution in [3.05, 3.63) is 12.2 Å². The number of nitrogens with zero attached hydrogens (tertiary/aromatic N) is 3. The molecule has 0 bridgehead atoms. The molecule has 2 fully saturated rings. The zero-order chi connectivity index (χ0) is 16.8. The number of hydrogen-bond donors (Lipinski definition) is 0. The predicted molar refractivity (Wildman–Crippen MR) is 89.0 cm³/mol. The first kappa shape index (κ1) is 17.9. The van der Waals surface area contributed by atoms with Crippen LogP contribution in [-0.4, -0.2) is 86.5 Å². The molecule has 0 aliphatic carbocycles. The first-order chi connectivity index (χ1) is 11.0. The van der Waals surface area contributed by atoms with Gasteiger partial charge >= 0.3 is 0 Å². The Labute approximate surface area is 139 Å². The molecule has 2 heterocycles. The molecule has 2 rings (SSSR count). The second kappa shape index (κ2) is 8.45. The minimum Gasteiger partial charge on any atom is -0.379 e. The Morgan fingerprint density at radius 3 is 2.48 bits per heavy atom. The highest BCUT2D eigenvalue weighted by Crippen LogP contribution is 2.24. The molecule has 0 aromatic rings. The van der Waals surface area contributed by atoms with E-state index in [0.717, 1.165) is 32.5 Å². The molecule has 23 heavy (non-hydrogen) atoms. The van der Waals surface area contributed by atoms with Gasteiger partial charge in [0.05, 0.1) is 6.10 Å². The number of likely N-dealkylation sites (tertiary alicyclic amines) is 2. The summed E-state index contributed by atoms with van der Waals surface area (Å²) in [5.41, 5.74) is 0. The van der Waals surface area contributed by atoms with Crippen molar-refractivity contribution < 1.29 is 14.3 Å². The monoisotopic (exact) mass is 323 g/mol. The fourth-order valence-corrected chi connectivity index (χ4v) is 3.27. The van der Waals surface area contributed by atoms with E-state index in [9.17, 15) is 9.59 Å². The molecule has 2 atom stereocenters. The second-order valence-corrected chi connectivity index (χ2v) is 6.73. The number of rotatable bonds is 6. The molecule has 2 saturated heterocycles. The van der Waals surface area contributed by atoms with Crippen molar-refractivity contribution in [3.8, 4) is 0 Å². The van der Waals surface area contributed by atoms with Crippen LogP contribution in [0.3, 0.4) is 0 Å². The zero-order valence-electron chi connectivity index (χ0n) is 14.5. The number of likely N-dealkylation sites (N-methyl/N-ethyl adjacent to an activating group) is 1. The topological polar surface area (TPSA) is 53.1 Å². The van der Waals surface area contributed by atoms with Gasteiger partial charge in [-0.2, -0.15) is 0 Å². The van der Waals surface area contributed by atoms with Crippen LogP contribution >= 0.6 is 0 Å². The lowest BCUT2D eigenvalue weighted by molar-refractivity contribution is -0.132. The first-order valence-electron chi connectivity index (χ1n) is 8.42. The SMILES string of the molecule is CO[C@H]1CN(C(=O)/C=C/CN(C)C)C[C@@H]1CC(=O)N1CCCC1. The maximum Gasteiger partial charge on any atom is 0.246 e. The summed E-state index contributed by atoms with van der Waals surface area (Å²) in [6.07, 6.45) is 6.12. The molecule has 0 N–H and O–H groups in total. The van der Waals surface area contributed by atoms with Crippen molar-refractivity contribution in [2.45, 2.75) is 25.4 Å². The van der Waals surface area contributed by atoms with Gasteiger partial charge in [-0.25, -0.2) is 0 Å². The molecule has 0 unspecified atom stereocenters. The maximum atomic E-state index is 12.3. The van der Waals surface area contributed by atoms with Crippen LogP contribution in [0.15, 0.2) is 12.2 Å². The Kier molecular flexibility index (Phi) is 6.59. The van der Waals surface area contributed by atoms with Gasteiger partial charge in [-0.05, 0) is 26.9 Å². The summed E-state index contributed by atoms with van der Waals surface area (Å²) in [5, 5.41) is 0. The quantitative estimate of drug-likeness (QED) is 0.672. The maximum absolute atomic E-state index is 12.3. The van der Waals surface area contributed by atoms with Crippen LogP contribution in [0.2, 0.25) is 0 Å². The molecule has 2 amide bonds.